The first-order chi connectivity index (χ1) is 14.8. The van der Waals surface area contributed by atoms with Gasteiger partial charge in [0.15, 0.2) is 0 Å². The number of benzene rings is 3. The summed E-state index contributed by atoms with van der Waals surface area (Å²) in [6.45, 7) is -0.0635. The molecule has 4 rings (SSSR count). The Morgan fingerprint density at radius 2 is 1.68 bits per heavy atom. The lowest BCUT2D eigenvalue weighted by Crippen LogP contribution is -2.50. The third-order valence-electron chi connectivity index (χ3n) is 5.14. The number of phenolic OH excluding ortho intramolecular Hbond substituents is 1. The van der Waals surface area contributed by atoms with Crippen LogP contribution in [-0.4, -0.2) is 29.8 Å². The summed E-state index contributed by atoms with van der Waals surface area (Å²) in [6.07, 6.45) is 0.0855. The van der Waals surface area contributed by atoms with E-state index in [2.05, 4.69) is 5.32 Å². The average molecular weight is 444 g/mol. The molecule has 0 aliphatic carbocycles. The van der Waals surface area contributed by atoms with Gasteiger partial charge in [-0.15, -0.1) is 0 Å². The summed E-state index contributed by atoms with van der Waals surface area (Å²) < 4.78 is 55.1. The minimum atomic E-state index is -4.15. The van der Waals surface area contributed by atoms with Crippen LogP contribution in [0.1, 0.15) is 11.1 Å². The number of halogens is 2. The Balaban J connectivity index is 1.72. The Bertz CT molecular complexity index is 1250. The van der Waals surface area contributed by atoms with Crippen LogP contribution in [0.4, 0.5) is 14.5 Å². The Hall–Kier alpha value is -3.30. The van der Waals surface area contributed by atoms with E-state index in [-0.39, 0.29) is 29.3 Å². The zero-order valence-electron chi connectivity index (χ0n) is 16.1. The summed E-state index contributed by atoms with van der Waals surface area (Å²) >= 11 is 0. The van der Waals surface area contributed by atoms with Crippen molar-refractivity contribution in [3.63, 3.8) is 0 Å². The summed E-state index contributed by atoms with van der Waals surface area (Å²) in [4.78, 5) is 12.9. The summed E-state index contributed by atoms with van der Waals surface area (Å²) in [7, 11) is -4.15. The molecule has 0 bridgehead atoms. The minimum Gasteiger partial charge on any atom is -0.508 e. The van der Waals surface area contributed by atoms with Crippen LogP contribution in [0.3, 0.4) is 0 Å². The second-order valence-corrected chi connectivity index (χ2v) is 9.04. The second-order valence-electron chi connectivity index (χ2n) is 7.15. The van der Waals surface area contributed by atoms with Crippen LogP contribution in [-0.2, 0) is 27.8 Å². The standard InChI is InChI=1S/C22H18F2N2O4S/c23-16-5-8-18(9-6-16)31(29,30)26-13-15-4-2-1-3-14(15)11-21(26)22(28)25-20-10-7-17(27)12-19(20)24/h1-10,12,21,27H,11,13H2,(H,25,28). The molecule has 1 aliphatic heterocycles. The van der Waals surface area contributed by atoms with E-state index >= 15 is 0 Å². The fourth-order valence-corrected chi connectivity index (χ4v) is 5.10. The Morgan fingerprint density at radius 3 is 2.35 bits per heavy atom. The number of carbonyl (C=O) groups is 1. The molecule has 0 aromatic heterocycles. The van der Waals surface area contributed by atoms with E-state index in [0.717, 1.165) is 45.8 Å². The van der Waals surface area contributed by atoms with Crippen LogP contribution in [0, 0.1) is 11.6 Å². The van der Waals surface area contributed by atoms with E-state index in [4.69, 9.17) is 0 Å². The molecule has 9 heteroatoms. The van der Waals surface area contributed by atoms with Crippen LogP contribution in [0.2, 0.25) is 0 Å². The molecule has 1 amide bonds. The van der Waals surface area contributed by atoms with Crippen LogP contribution in [0.25, 0.3) is 0 Å². The zero-order valence-corrected chi connectivity index (χ0v) is 16.9. The first-order valence-electron chi connectivity index (χ1n) is 9.39. The molecule has 31 heavy (non-hydrogen) atoms. The highest BCUT2D eigenvalue weighted by atomic mass is 32.2. The molecular formula is C22H18F2N2O4S. The van der Waals surface area contributed by atoms with Crippen molar-refractivity contribution in [1.29, 1.82) is 0 Å². The van der Waals surface area contributed by atoms with Gasteiger partial charge in [0.05, 0.1) is 10.6 Å². The number of amides is 1. The molecule has 2 N–H and O–H groups in total. The molecule has 1 unspecified atom stereocenters. The van der Waals surface area contributed by atoms with E-state index in [1.54, 1.807) is 24.3 Å². The number of rotatable bonds is 4. The van der Waals surface area contributed by atoms with Crippen LogP contribution >= 0.6 is 0 Å². The van der Waals surface area contributed by atoms with E-state index in [0.29, 0.717) is 0 Å². The number of fused-ring (bicyclic) bond motifs is 1. The predicted octanol–water partition coefficient (Wildman–Crippen LogP) is 3.42. The number of aromatic hydroxyl groups is 1. The fourth-order valence-electron chi connectivity index (χ4n) is 3.54. The summed E-state index contributed by atoms with van der Waals surface area (Å²) in [5, 5.41) is 11.8. The molecule has 1 atom stereocenters. The number of anilines is 1. The van der Waals surface area contributed by atoms with Gasteiger partial charge in [-0.1, -0.05) is 24.3 Å². The number of hydrogen-bond acceptors (Lipinski definition) is 4. The quantitative estimate of drug-likeness (QED) is 0.604. The van der Waals surface area contributed by atoms with Crippen molar-refractivity contribution in [3.8, 4) is 5.75 Å². The molecule has 1 heterocycles. The Labute approximate surface area is 177 Å². The maximum Gasteiger partial charge on any atom is 0.244 e. The van der Waals surface area contributed by atoms with Crippen molar-refractivity contribution in [3.05, 3.63) is 89.5 Å². The SMILES string of the molecule is O=C(Nc1ccc(O)cc1F)C1Cc2ccccc2CN1S(=O)(=O)c1ccc(F)cc1. The molecule has 0 fully saturated rings. The van der Waals surface area contributed by atoms with Gasteiger partial charge in [-0.25, -0.2) is 17.2 Å². The lowest BCUT2D eigenvalue weighted by atomic mass is 9.95. The Kier molecular flexibility index (Phi) is 5.47. The van der Waals surface area contributed by atoms with Crippen LogP contribution in [0.5, 0.6) is 5.75 Å². The van der Waals surface area contributed by atoms with Crippen molar-refractivity contribution in [1.82, 2.24) is 4.31 Å². The number of phenols is 1. The summed E-state index contributed by atoms with van der Waals surface area (Å²) in [6, 6.07) is 13.6. The Morgan fingerprint density at radius 1 is 1.00 bits per heavy atom. The fraction of sp³-hybridized carbons (Fsp3) is 0.136. The molecule has 160 valence electrons. The van der Waals surface area contributed by atoms with Crippen molar-refractivity contribution in [2.75, 3.05) is 5.32 Å². The molecule has 0 radical (unpaired) electrons. The minimum absolute atomic E-state index is 0.0635. The molecule has 3 aromatic carbocycles. The number of hydrogen-bond donors (Lipinski definition) is 2. The van der Waals surface area contributed by atoms with E-state index in [1.807, 2.05) is 0 Å². The van der Waals surface area contributed by atoms with E-state index < -0.39 is 33.6 Å². The summed E-state index contributed by atoms with van der Waals surface area (Å²) in [5.41, 5.74) is 1.37. The number of carbonyl (C=O) groups excluding carboxylic acids is 1. The van der Waals surface area contributed by atoms with Gasteiger partial charge in [0, 0.05) is 12.6 Å². The van der Waals surface area contributed by atoms with Crippen molar-refractivity contribution < 1.29 is 27.1 Å². The predicted molar refractivity (Wildman–Crippen MR) is 110 cm³/mol. The molecule has 0 saturated heterocycles. The van der Waals surface area contributed by atoms with Gasteiger partial charge >= 0.3 is 0 Å². The number of nitrogens with zero attached hydrogens (tertiary/aromatic N) is 1. The van der Waals surface area contributed by atoms with Gasteiger partial charge < -0.3 is 10.4 Å². The third-order valence-corrected chi connectivity index (χ3v) is 7.01. The van der Waals surface area contributed by atoms with Gasteiger partial charge in [0.2, 0.25) is 15.9 Å². The third kappa shape index (κ3) is 4.14. The molecular weight excluding hydrogens is 426 g/mol. The van der Waals surface area contributed by atoms with Gasteiger partial charge in [-0.3, -0.25) is 4.79 Å². The number of sulfonamides is 1. The highest BCUT2D eigenvalue weighted by Crippen LogP contribution is 2.30. The zero-order chi connectivity index (χ0) is 22.2. The van der Waals surface area contributed by atoms with Crippen LogP contribution in [0.15, 0.2) is 71.6 Å². The van der Waals surface area contributed by atoms with Crippen molar-refractivity contribution in [2.45, 2.75) is 23.9 Å². The normalized spacial score (nSPS) is 16.5. The molecule has 0 saturated carbocycles. The highest BCUT2D eigenvalue weighted by molar-refractivity contribution is 7.89. The number of nitrogens with one attached hydrogen (secondary N) is 1. The van der Waals surface area contributed by atoms with Crippen molar-refractivity contribution in [2.24, 2.45) is 0 Å². The lowest BCUT2D eigenvalue weighted by molar-refractivity contribution is -0.120. The van der Waals surface area contributed by atoms with Gasteiger partial charge in [-0.05, 0) is 53.9 Å². The second kappa shape index (κ2) is 8.09. The lowest BCUT2D eigenvalue weighted by Gasteiger charge is -2.35. The topological polar surface area (TPSA) is 86.7 Å². The largest absolute Gasteiger partial charge is 0.508 e. The van der Waals surface area contributed by atoms with Crippen LogP contribution < -0.4 is 5.32 Å². The summed E-state index contributed by atoms with van der Waals surface area (Å²) in [5.74, 6) is -2.45. The maximum absolute atomic E-state index is 14.1. The maximum atomic E-state index is 14.1. The highest BCUT2D eigenvalue weighted by Gasteiger charge is 2.39. The molecule has 1 aliphatic rings. The van der Waals surface area contributed by atoms with E-state index in [1.165, 1.54) is 12.1 Å². The smallest absolute Gasteiger partial charge is 0.244 e. The van der Waals surface area contributed by atoms with Gasteiger partial charge in [0.25, 0.3) is 0 Å². The first-order valence-corrected chi connectivity index (χ1v) is 10.8. The molecule has 6 nitrogen and oxygen atoms in total. The van der Waals surface area contributed by atoms with Crippen molar-refractivity contribution >= 4 is 21.6 Å². The average Bonchev–Trinajstić information content (AvgIpc) is 2.75. The first kappa shape index (κ1) is 21.0. The molecule has 0 spiro atoms. The molecule has 3 aromatic rings. The van der Waals surface area contributed by atoms with Gasteiger partial charge in [-0.2, -0.15) is 4.31 Å². The monoisotopic (exact) mass is 444 g/mol. The van der Waals surface area contributed by atoms with E-state index in [9.17, 15) is 27.1 Å². The van der Waals surface area contributed by atoms with Gasteiger partial charge in [0.1, 0.15) is 23.4 Å².